The number of anilines is 1. The van der Waals surface area contributed by atoms with Crippen molar-refractivity contribution in [2.75, 3.05) is 11.1 Å². The molecule has 0 aliphatic carbocycles. The third kappa shape index (κ3) is 6.16. The Bertz CT molecular complexity index is 631. The number of hydrogen-bond donors (Lipinski definition) is 1. The highest BCUT2D eigenvalue weighted by Gasteiger charge is 2.17. The van der Waals surface area contributed by atoms with E-state index >= 15 is 0 Å². The predicted molar refractivity (Wildman–Crippen MR) is 92.4 cm³/mol. The van der Waals surface area contributed by atoms with E-state index in [2.05, 4.69) is 5.32 Å². The molecule has 120 valence electrons. The molecule has 1 amide bonds. The maximum atomic E-state index is 11.9. The smallest absolute Gasteiger partial charge is 0.307 e. The third-order valence-electron chi connectivity index (χ3n) is 3.04. The van der Waals surface area contributed by atoms with Crippen LogP contribution in [0.5, 0.6) is 0 Å². The van der Waals surface area contributed by atoms with Gasteiger partial charge in [0.1, 0.15) is 0 Å². The number of benzene rings is 2. The molecule has 0 saturated heterocycles. The summed E-state index contributed by atoms with van der Waals surface area (Å²) < 4.78 is 5.16. The highest BCUT2D eigenvalue weighted by atomic mass is 32.2. The fourth-order valence-corrected chi connectivity index (χ4v) is 2.70. The summed E-state index contributed by atoms with van der Waals surface area (Å²) in [5.74, 6) is -0.0834. The molecule has 5 heteroatoms. The van der Waals surface area contributed by atoms with Crippen LogP contribution < -0.4 is 5.32 Å². The molecule has 0 aliphatic heterocycles. The maximum absolute atomic E-state index is 11.9. The molecule has 2 aromatic carbocycles. The molecule has 0 bridgehead atoms. The summed E-state index contributed by atoms with van der Waals surface area (Å²) >= 11 is 1.59. The van der Waals surface area contributed by atoms with Crippen LogP contribution in [0, 0.1) is 0 Å². The van der Waals surface area contributed by atoms with Crippen LogP contribution in [0.25, 0.3) is 0 Å². The van der Waals surface area contributed by atoms with Gasteiger partial charge in [0.05, 0.1) is 6.42 Å². The summed E-state index contributed by atoms with van der Waals surface area (Å²) in [6.07, 6.45) is -0.549. The van der Waals surface area contributed by atoms with Crippen LogP contribution in [-0.4, -0.2) is 23.7 Å². The first-order valence-electron chi connectivity index (χ1n) is 7.38. The first-order valence-corrected chi connectivity index (χ1v) is 8.37. The monoisotopic (exact) mass is 329 g/mol. The molecule has 0 aromatic heterocycles. The zero-order valence-corrected chi connectivity index (χ0v) is 13.7. The Morgan fingerprint density at radius 2 is 1.65 bits per heavy atom. The average Bonchev–Trinajstić information content (AvgIpc) is 2.56. The summed E-state index contributed by atoms with van der Waals surface area (Å²) in [7, 11) is 0. The van der Waals surface area contributed by atoms with E-state index in [-0.39, 0.29) is 18.3 Å². The maximum Gasteiger partial charge on any atom is 0.307 e. The van der Waals surface area contributed by atoms with Crippen LogP contribution in [-0.2, 0) is 14.3 Å². The van der Waals surface area contributed by atoms with Crippen LogP contribution in [0.1, 0.15) is 13.3 Å². The zero-order valence-electron chi connectivity index (χ0n) is 12.9. The van der Waals surface area contributed by atoms with Crippen LogP contribution in [0.2, 0.25) is 0 Å². The van der Waals surface area contributed by atoms with Crippen LogP contribution in [0.3, 0.4) is 0 Å². The lowest BCUT2D eigenvalue weighted by Gasteiger charge is -2.13. The van der Waals surface area contributed by atoms with Gasteiger partial charge in [0.2, 0.25) is 0 Å². The molecule has 0 unspecified atom stereocenters. The highest BCUT2D eigenvalue weighted by molar-refractivity contribution is 7.99. The van der Waals surface area contributed by atoms with Crippen LogP contribution in [0.15, 0.2) is 65.6 Å². The van der Waals surface area contributed by atoms with Crippen molar-refractivity contribution >= 4 is 29.3 Å². The van der Waals surface area contributed by atoms with Crippen molar-refractivity contribution in [1.82, 2.24) is 0 Å². The number of nitrogens with one attached hydrogen (secondary N) is 1. The number of rotatable bonds is 7. The minimum Gasteiger partial charge on any atom is -0.453 e. The number of esters is 1. The Hall–Kier alpha value is -2.27. The molecule has 0 spiro atoms. The van der Waals surface area contributed by atoms with Gasteiger partial charge in [-0.05, 0) is 31.2 Å². The zero-order chi connectivity index (χ0) is 16.5. The van der Waals surface area contributed by atoms with Gasteiger partial charge in [-0.25, -0.2) is 0 Å². The summed E-state index contributed by atoms with van der Waals surface area (Å²) in [5, 5.41) is 2.71. The van der Waals surface area contributed by atoms with Crippen molar-refractivity contribution < 1.29 is 14.3 Å². The Balaban J connectivity index is 1.70. The quantitative estimate of drug-likeness (QED) is 0.621. The standard InChI is InChI=1S/C18H19NO3S/c1-14(18(21)19-15-8-4-2-5-9-15)22-17(20)12-13-23-16-10-6-3-7-11-16/h2-11,14H,12-13H2,1H3,(H,19,21)/t14-/m1/s1. The molecule has 0 radical (unpaired) electrons. The molecular weight excluding hydrogens is 310 g/mol. The summed E-state index contributed by atoms with van der Waals surface area (Å²) in [6.45, 7) is 1.57. The number of hydrogen-bond acceptors (Lipinski definition) is 4. The summed E-state index contributed by atoms with van der Waals surface area (Å²) in [5.41, 5.74) is 0.681. The highest BCUT2D eigenvalue weighted by Crippen LogP contribution is 2.18. The van der Waals surface area contributed by atoms with Gasteiger partial charge in [-0.2, -0.15) is 0 Å². The summed E-state index contributed by atoms with van der Waals surface area (Å²) in [4.78, 5) is 24.8. The minimum atomic E-state index is -0.815. The van der Waals surface area contributed by atoms with Crippen molar-refractivity contribution in [3.8, 4) is 0 Å². The molecule has 23 heavy (non-hydrogen) atoms. The predicted octanol–water partition coefficient (Wildman–Crippen LogP) is 3.74. The molecular formula is C18H19NO3S. The first kappa shape index (κ1) is 17.1. The molecule has 2 aromatic rings. The number of para-hydroxylation sites is 1. The van der Waals surface area contributed by atoms with Crippen LogP contribution in [0.4, 0.5) is 5.69 Å². The second kappa shape index (κ2) is 9.00. The van der Waals surface area contributed by atoms with Gasteiger partial charge < -0.3 is 10.1 Å². The van der Waals surface area contributed by atoms with E-state index in [0.29, 0.717) is 11.4 Å². The number of amides is 1. The van der Waals surface area contributed by atoms with Gasteiger partial charge in [0.25, 0.3) is 5.91 Å². The third-order valence-corrected chi connectivity index (χ3v) is 4.05. The topological polar surface area (TPSA) is 55.4 Å². The fourth-order valence-electron chi connectivity index (χ4n) is 1.84. The Morgan fingerprint density at radius 1 is 1.04 bits per heavy atom. The van der Waals surface area contributed by atoms with Crippen molar-refractivity contribution in [3.05, 3.63) is 60.7 Å². The number of carbonyl (C=O) groups excluding carboxylic acids is 2. The molecule has 1 N–H and O–H groups in total. The molecule has 0 fully saturated rings. The van der Waals surface area contributed by atoms with Crippen molar-refractivity contribution in [3.63, 3.8) is 0 Å². The number of carbonyl (C=O) groups is 2. The Labute approximate surface area is 140 Å². The van der Waals surface area contributed by atoms with E-state index in [1.807, 2.05) is 48.5 Å². The Kier molecular flexibility index (Phi) is 6.69. The van der Waals surface area contributed by atoms with Crippen LogP contribution >= 0.6 is 11.8 Å². The van der Waals surface area contributed by atoms with Gasteiger partial charge >= 0.3 is 5.97 Å². The Morgan fingerprint density at radius 3 is 2.30 bits per heavy atom. The second-order valence-electron chi connectivity index (χ2n) is 4.90. The van der Waals surface area contributed by atoms with E-state index < -0.39 is 6.10 Å². The molecule has 0 saturated carbocycles. The van der Waals surface area contributed by atoms with E-state index in [0.717, 1.165) is 4.90 Å². The van der Waals surface area contributed by atoms with E-state index in [9.17, 15) is 9.59 Å². The normalized spacial score (nSPS) is 11.5. The molecule has 0 aliphatic rings. The van der Waals surface area contributed by atoms with Gasteiger partial charge in [-0.15, -0.1) is 11.8 Å². The molecule has 2 rings (SSSR count). The first-order chi connectivity index (χ1) is 11.1. The van der Waals surface area contributed by atoms with Crippen molar-refractivity contribution in [1.29, 1.82) is 0 Å². The van der Waals surface area contributed by atoms with E-state index in [1.54, 1.807) is 30.8 Å². The van der Waals surface area contributed by atoms with Gasteiger partial charge in [-0.1, -0.05) is 36.4 Å². The largest absolute Gasteiger partial charge is 0.453 e. The summed E-state index contributed by atoms with van der Waals surface area (Å²) in [6, 6.07) is 18.9. The van der Waals surface area contributed by atoms with Crippen molar-refractivity contribution in [2.45, 2.75) is 24.3 Å². The van der Waals surface area contributed by atoms with E-state index in [4.69, 9.17) is 4.74 Å². The lowest BCUT2D eigenvalue weighted by atomic mass is 10.3. The van der Waals surface area contributed by atoms with Crippen molar-refractivity contribution in [2.24, 2.45) is 0 Å². The lowest BCUT2D eigenvalue weighted by Crippen LogP contribution is -2.30. The SMILES string of the molecule is C[C@@H](OC(=O)CCSc1ccccc1)C(=O)Nc1ccccc1. The fraction of sp³-hybridized carbons (Fsp3) is 0.222. The number of thioether (sulfide) groups is 1. The molecule has 4 nitrogen and oxygen atoms in total. The van der Waals surface area contributed by atoms with E-state index in [1.165, 1.54) is 0 Å². The molecule has 1 atom stereocenters. The van der Waals surface area contributed by atoms with Gasteiger partial charge in [0, 0.05) is 16.3 Å². The minimum absolute atomic E-state index is 0.266. The van der Waals surface area contributed by atoms with Gasteiger partial charge in [0.15, 0.2) is 6.10 Å². The molecule has 0 heterocycles. The van der Waals surface area contributed by atoms with Gasteiger partial charge in [-0.3, -0.25) is 9.59 Å². The average molecular weight is 329 g/mol. The number of ether oxygens (including phenoxy) is 1. The second-order valence-corrected chi connectivity index (χ2v) is 6.07. The lowest BCUT2D eigenvalue weighted by molar-refractivity contribution is -0.152.